The highest BCUT2D eigenvalue weighted by atomic mass is 127. The number of halogens is 4. The van der Waals surface area contributed by atoms with Gasteiger partial charge in [-0.05, 0) is 63.7 Å². The summed E-state index contributed by atoms with van der Waals surface area (Å²) in [5, 5.41) is 0. The third-order valence-electron chi connectivity index (χ3n) is 1.34. The van der Waals surface area contributed by atoms with Crippen molar-refractivity contribution in [3.05, 3.63) is 24.6 Å². The standard InChI is InChI=1S/C7H5F2I2N/c1-3-2-4(10)5(6(8)9)12-7(3)11/h2,6H,1H3. The van der Waals surface area contributed by atoms with E-state index in [1.807, 2.05) is 52.1 Å². The molecule has 0 bridgehead atoms. The zero-order valence-corrected chi connectivity index (χ0v) is 10.4. The van der Waals surface area contributed by atoms with Gasteiger partial charge in [0.2, 0.25) is 0 Å². The topological polar surface area (TPSA) is 12.9 Å². The summed E-state index contributed by atoms with van der Waals surface area (Å²) in [4.78, 5) is 3.80. The molecular formula is C7H5F2I2N. The van der Waals surface area contributed by atoms with Gasteiger partial charge in [0.15, 0.2) is 0 Å². The molecule has 0 saturated heterocycles. The lowest BCUT2D eigenvalue weighted by atomic mass is 10.3. The van der Waals surface area contributed by atoms with E-state index in [2.05, 4.69) is 4.98 Å². The van der Waals surface area contributed by atoms with Gasteiger partial charge in [0.05, 0.1) is 0 Å². The van der Waals surface area contributed by atoms with Gasteiger partial charge in [-0.25, -0.2) is 13.8 Å². The quantitative estimate of drug-likeness (QED) is 0.524. The highest BCUT2D eigenvalue weighted by Crippen LogP contribution is 2.24. The van der Waals surface area contributed by atoms with Crippen LogP contribution in [0.2, 0.25) is 0 Å². The zero-order chi connectivity index (χ0) is 9.30. The van der Waals surface area contributed by atoms with Crippen molar-refractivity contribution in [3.8, 4) is 0 Å². The summed E-state index contributed by atoms with van der Waals surface area (Å²) in [6.45, 7) is 1.85. The molecule has 0 radical (unpaired) electrons. The Kier molecular flexibility index (Phi) is 3.62. The molecule has 12 heavy (non-hydrogen) atoms. The first-order chi connectivity index (χ1) is 5.52. The predicted octanol–water partition coefficient (Wildman–Crippen LogP) is 3.54. The maximum Gasteiger partial charge on any atom is 0.281 e. The Bertz CT molecular complexity index is 302. The largest absolute Gasteiger partial charge is 0.281 e. The summed E-state index contributed by atoms with van der Waals surface area (Å²) < 4.78 is 25.7. The van der Waals surface area contributed by atoms with E-state index in [0.29, 0.717) is 7.27 Å². The number of pyridine rings is 1. The van der Waals surface area contributed by atoms with Crippen molar-refractivity contribution >= 4 is 45.2 Å². The summed E-state index contributed by atoms with van der Waals surface area (Å²) >= 11 is 3.82. The molecule has 0 amide bonds. The Morgan fingerprint density at radius 1 is 1.42 bits per heavy atom. The van der Waals surface area contributed by atoms with E-state index in [1.165, 1.54) is 0 Å². The Morgan fingerprint density at radius 3 is 2.50 bits per heavy atom. The van der Waals surface area contributed by atoms with Crippen LogP contribution in [0, 0.1) is 14.2 Å². The van der Waals surface area contributed by atoms with E-state index >= 15 is 0 Å². The van der Waals surface area contributed by atoms with Crippen LogP contribution in [0.1, 0.15) is 17.7 Å². The molecule has 1 nitrogen and oxygen atoms in total. The summed E-state index contributed by atoms with van der Waals surface area (Å²) in [5.41, 5.74) is 0.815. The van der Waals surface area contributed by atoms with E-state index in [-0.39, 0.29) is 5.69 Å². The molecule has 0 aliphatic carbocycles. The van der Waals surface area contributed by atoms with Crippen LogP contribution in [0.25, 0.3) is 0 Å². The fourth-order valence-electron chi connectivity index (χ4n) is 0.724. The molecule has 0 fully saturated rings. The maximum atomic E-state index is 12.3. The minimum Gasteiger partial charge on any atom is -0.239 e. The molecule has 0 atom stereocenters. The maximum absolute atomic E-state index is 12.3. The second-order valence-electron chi connectivity index (χ2n) is 2.26. The molecule has 0 saturated carbocycles. The van der Waals surface area contributed by atoms with Gasteiger partial charge in [-0.1, -0.05) is 0 Å². The first kappa shape index (κ1) is 10.6. The predicted molar refractivity (Wildman–Crippen MR) is 59.4 cm³/mol. The average Bonchev–Trinajstić information content (AvgIpc) is 1.96. The van der Waals surface area contributed by atoms with Gasteiger partial charge in [0, 0.05) is 3.57 Å². The molecule has 5 heteroatoms. The lowest BCUT2D eigenvalue weighted by molar-refractivity contribution is 0.145. The lowest BCUT2D eigenvalue weighted by Gasteiger charge is -2.04. The molecule has 1 rings (SSSR count). The van der Waals surface area contributed by atoms with Crippen molar-refractivity contribution < 1.29 is 8.78 Å². The van der Waals surface area contributed by atoms with Gasteiger partial charge in [-0.2, -0.15) is 0 Å². The molecule has 0 aliphatic heterocycles. The minimum atomic E-state index is -2.48. The van der Waals surface area contributed by atoms with Crippen molar-refractivity contribution in [2.24, 2.45) is 0 Å². The molecule has 1 aromatic rings. The third kappa shape index (κ3) is 2.24. The SMILES string of the molecule is Cc1cc(I)c(C(F)F)nc1I. The van der Waals surface area contributed by atoms with Crippen LogP contribution in [0.5, 0.6) is 0 Å². The van der Waals surface area contributed by atoms with Crippen molar-refractivity contribution in [1.82, 2.24) is 4.98 Å². The molecule has 0 aliphatic rings. The highest BCUT2D eigenvalue weighted by molar-refractivity contribution is 14.1. The smallest absolute Gasteiger partial charge is 0.239 e. The molecule has 66 valence electrons. The van der Waals surface area contributed by atoms with Gasteiger partial charge < -0.3 is 0 Å². The second-order valence-corrected chi connectivity index (χ2v) is 4.45. The molecule has 0 spiro atoms. The van der Waals surface area contributed by atoms with Crippen LogP contribution >= 0.6 is 45.2 Å². The Labute approximate surface area is 96.2 Å². The van der Waals surface area contributed by atoms with Gasteiger partial charge in [-0.15, -0.1) is 0 Å². The van der Waals surface area contributed by atoms with Crippen LogP contribution in [-0.2, 0) is 0 Å². The van der Waals surface area contributed by atoms with Crippen molar-refractivity contribution in [2.75, 3.05) is 0 Å². The number of hydrogen-bond acceptors (Lipinski definition) is 1. The monoisotopic (exact) mass is 395 g/mol. The number of nitrogens with zero attached hydrogens (tertiary/aromatic N) is 1. The Hall–Kier alpha value is 0.470. The second kappa shape index (κ2) is 4.12. The first-order valence-electron chi connectivity index (χ1n) is 3.13. The lowest BCUT2D eigenvalue weighted by Crippen LogP contribution is -1.98. The number of aromatic nitrogens is 1. The van der Waals surface area contributed by atoms with Gasteiger partial charge in [-0.3, -0.25) is 0 Å². The van der Waals surface area contributed by atoms with Crippen molar-refractivity contribution in [1.29, 1.82) is 0 Å². The van der Waals surface area contributed by atoms with Gasteiger partial charge >= 0.3 is 0 Å². The molecule has 0 aromatic carbocycles. The zero-order valence-electron chi connectivity index (χ0n) is 6.11. The van der Waals surface area contributed by atoms with Gasteiger partial charge in [0.25, 0.3) is 6.43 Å². The van der Waals surface area contributed by atoms with E-state index in [1.54, 1.807) is 6.07 Å². The average molecular weight is 395 g/mol. The summed E-state index contributed by atoms with van der Waals surface area (Å²) in [5.74, 6) is 0. The number of alkyl halides is 2. The number of rotatable bonds is 1. The van der Waals surface area contributed by atoms with Crippen molar-refractivity contribution in [2.45, 2.75) is 13.3 Å². The number of hydrogen-bond donors (Lipinski definition) is 0. The number of aryl methyl sites for hydroxylation is 1. The van der Waals surface area contributed by atoms with E-state index < -0.39 is 6.43 Å². The van der Waals surface area contributed by atoms with E-state index in [4.69, 9.17) is 0 Å². The first-order valence-corrected chi connectivity index (χ1v) is 5.29. The Balaban J connectivity index is 3.23. The van der Waals surface area contributed by atoms with Crippen molar-refractivity contribution in [3.63, 3.8) is 0 Å². The summed E-state index contributed by atoms with van der Waals surface area (Å²) in [6, 6.07) is 1.72. The van der Waals surface area contributed by atoms with Crippen LogP contribution < -0.4 is 0 Å². The molecule has 1 heterocycles. The van der Waals surface area contributed by atoms with E-state index in [9.17, 15) is 8.78 Å². The molecule has 1 aromatic heterocycles. The van der Waals surface area contributed by atoms with Crippen LogP contribution in [-0.4, -0.2) is 4.98 Å². The minimum absolute atomic E-state index is 0.120. The fraction of sp³-hybridized carbons (Fsp3) is 0.286. The Morgan fingerprint density at radius 2 is 2.00 bits per heavy atom. The van der Waals surface area contributed by atoms with Crippen LogP contribution in [0.4, 0.5) is 8.78 Å². The molecule has 0 unspecified atom stereocenters. The fourth-order valence-corrected chi connectivity index (χ4v) is 1.96. The molecule has 0 N–H and O–H groups in total. The highest BCUT2D eigenvalue weighted by Gasteiger charge is 2.14. The van der Waals surface area contributed by atoms with Gasteiger partial charge in [0.1, 0.15) is 9.39 Å². The third-order valence-corrected chi connectivity index (χ3v) is 3.29. The van der Waals surface area contributed by atoms with E-state index in [0.717, 1.165) is 5.56 Å². The summed E-state index contributed by atoms with van der Waals surface area (Å²) in [7, 11) is 0. The molecular weight excluding hydrogens is 390 g/mol. The normalized spacial score (nSPS) is 10.8. The summed E-state index contributed by atoms with van der Waals surface area (Å²) in [6.07, 6.45) is -2.48. The van der Waals surface area contributed by atoms with Crippen LogP contribution in [0.3, 0.4) is 0 Å². The van der Waals surface area contributed by atoms with Crippen LogP contribution in [0.15, 0.2) is 6.07 Å².